The Kier molecular flexibility index (Phi) is 3.99. The highest BCUT2D eigenvalue weighted by molar-refractivity contribution is 5.87. The fourth-order valence-corrected chi connectivity index (χ4v) is 8.57. The number of Topliss-reactive ketones (excluding diaryl/α,β-unsaturated/α-hetero) is 1. The molecule has 6 aliphatic rings. The van der Waals surface area contributed by atoms with E-state index in [9.17, 15) is 9.90 Å². The van der Waals surface area contributed by atoms with Crippen LogP contribution in [0.4, 0.5) is 0 Å². The number of aliphatic hydroxyl groups is 1. The average Bonchev–Trinajstić information content (AvgIpc) is 3.43. The maximum absolute atomic E-state index is 13.6. The second-order valence-corrected chi connectivity index (χ2v) is 11.0. The van der Waals surface area contributed by atoms with Gasteiger partial charge in [0.1, 0.15) is 6.10 Å². The van der Waals surface area contributed by atoms with Gasteiger partial charge in [-0.25, -0.2) is 0 Å². The van der Waals surface area contributed by atoms with Crippen LogP contribution in [0, 0.1) is 34.5 Å². The maximum Gasteiger partial charge on any atom is 0.174 e. The van der Waals surface area contributed by atoms with Gasteiger partial charge >= 0.3 is 0 Å². The lowest BCUT2D eigenvalue weighted by Gasteiger charge is -2.62. The van der Waals surface area contributed by atoms with Gasteiger partial charge in [-0.15, -0.1) is 0 Å². The highest BCUT2D eigenvalue weighted by Crippen LogP contribution is 2.69. The van der Waals surface area contributed by atoms with E-state index in [1.165, 1.54) is 0 Å². The molecule has 6 heteroatoms. The molecule has 0 radical (unpaired) electrons. The summed E-state index contributed by atoms with van der Waals surface area (Å²) >= 11 is 0. The lowest BCUT2D eigenvalue weighted by Crippen LogP contribution is -2.65. The molecule has 0 aromatic heterocycles. The van der Waals surface area contributed by atoms with Gasteiger partial charge in [-0.1, -0.05) is 13.8 Å². The summed E-state index contributed by atoms with van der Waals surface area (Å²) in [5, 5.41) is 11.3. The Morgan fingerprint density at radius 1 is 0.828 bits per heavy atom. The van der Waals surface area contributed by atoms with Gasteiger partial charge in [0, 0.05) is 36.5 Å². The van der Waals surface area contributed by atoms with Crippen LogP contribution in [0.15, 0.2) is 0 Å². The Morgan fingerprint density at radius 3 is 2.21 bits per heavy atom. The van der Waals surface area contributed by atoms with Crippen LogP contribution < -0.4 is 0 Å². The van der Waals surface area contributed by atoms with Crippen molar-refractivity contribution in [3.05, 3.63) is 0 Å². The van der Waals surface area contributed by atoms with E-state index in [4.69, 9.17) is 18.9 Å². The number of rotatable bonds is 0. The molecular weight excluding hydrogens is 372 g/mol. The predicted octanol–water partition coefficient (Wildman–Crippen LogP) is 2.67. The van der Waals surface area contributed by atoms with Crippen molar-refractivity contribution in [3.63, 3.8) is 0 Å². The van der Waals surface area contributed by atoms with Crippen molar-refractivity contribution in [1.82, 2.24) is 0 Å². The number of aliphatic hydroxyl groups excluding tert-OH is 1. The van der Waals surface area contributed by atoms with Gasteiger partial charge in [0.2, 0.25) is 0 Å². The van der Waals surface area contributed by atoms with Gasteiger partial charge in [0.25, 0.3) is 0 Å². The van der Waals surface area contributed by atoms with E-state index in [0.29, 0.717) is 38.8 Å². The predicted molar refractivity (Wildman–Crippen MR) is 103 cm³/mol. The fraction of sp³-hybridized carbons (Fsp3) is 0.957. The monoisotopic (exact) mass is 406 g/mol. The SMILES string of the molecule is C[C@]12CCC3(CC1C(O)C(=O)[C@@H]1[C@@H]2CC[C@@]2(C)[C@H]1CCC21OCCO1)OCCO3. The van der Waals surface area contributed by atoms with Crippen LogP contribution in [0.2, 0.25) is 0 Å². The van der Waals surface area contributed by atoms with E-state index in [1.54, 1.807) is 0 Å². The summed E-state index contributed by atoms with van der Waals surface area (Å²) in [6.07, 6.45) is 5.38. The number of carbonyl (C=O) groups is 1. The molecule has 7 atom stereocenters. The van der Waals surface area contributed by atoms with Gasteiger partial charge in [0.05, 0.1) is 26.4 Å². The third-order valence-electron chi connectivity index (χ3n) is 10.2. The maximum atomic E-state index is 13.6. The molecule has 2 aliphatic heterocycles. The van der Waals surface area contributed by atoms with Crippen LogP contribution in [0.25, 0.3) is 0 Å². The lowest BCUT2D eigenvalue weighted by molar-refractivity contribution is -0.261. The second kappa shape index (κ2) is 6.04. The van der Waals surface area contributed by atoms with Crippen molar-refractivity contribution >= 4 is 5.78 Å². The minimum Gasteiger partial charge on any atom is -0.385 e. The summed E-state index contributed by atoms with van der Waals surface area (Å²) in [6, 6.07) is 0. The highest BCUT2D eigenvalue weighted by Gasteiger charge is 2.71. The molecular formula is C23H34O6. The number of carbonyl (C=O) groups excluding carboxylic acids is 1. The van der Waals surface area contributed by atoms with Crippen LogP contribution in [0.1, 0.15) is 58.8 Å². The van der Waals surface area contributed by atoms with E-state index < -0.39 is 17.7 Å². The Bertz CT molecular complexity index is 710. The first-order valence-electron chi connectivity index (χ1n) is 11.6. The zero-order chi connectivity index (χ0) is 20.1. The summed E-state index contributed by atoms with van der Waals surface area (Å²) < 4.78 is 24.3. The number of hydrogen-bond donors (Lipinski definition) is 1. The van der Waals surface area contributed by atoms with E-state index in [1.807, 2.05) is 0 Å². The highest BCUT2D eigenvalue weighted by atomic mass is 16.7. The van der Waals surface area contributed by atoms with E-state index in [0.717, 1.165) is 38.5 Å². The number of fused-ring (bicyclic) bond motifs is 6. The number of ether oxygens (including phenoxy) is 4. The average molecular weight is 407 g/mol. The third-order valence-corrected chi connectivity index (χ3v) is 10.2. The molecule has 0 aromatic carbocycles. The Labute approximate surface area is 172 Å². The van der Waals surface area contributed by atoms with Crippen molar-refractivity contribution < 1.29 is 28.8 Å². The summed E-state index contributed by atoms with van der Waals surface area (Å²) in [6.45, 7) is 7.12. The quantitative estimate of drug-likeness (QED) is 0.667. The first kappa shape index (κ1) is 19.2. The number of hydrogen-bond acceptors (Lipinski definition) is 6. The van der Waals surface area contributed by atoms with Crippen LogP contribution in [0.3, 0.4) is 0 Å². The van der Waals surface area contributed by atoms with E-state index in [-0.39, 0.29) is 34.4 Å². The second-order valence-electron chi connectivity index (χ2n) is 11.0. The Hall–Kier alpha value is -0.530. The summed E-state index contributed by atoms with van der Waals surface area (Å²) in [5.74, 6) is -0.666. The number of ketones is 1. The minimum absolute atomic E-state index is 0.0486. The molecule has 162 valence electrons. The standard InChI is InChI=1S/C23H34O6/c1-20-7-8-22(26-9-10-27-22)13-16(20)18(24)19(25)17-14(20)3-5-21(2)15(17)4-6-23(21)28-11-12-29-23/h14-18,24H,3-13H2,1-2H3/t14-,15-,16?,17+,18?,20+,21-/m0/s1. The first-order chi connectivity index (χ1) is 13.8. The molecule has 1 N–H and O–H groups in total. The molecule has 2 spiro atoms. The smallest absolute Gasteiger partial charge is 0.174 e. The molecule has 0 amide bonds. The molecule has 29 heavy (non-hydrogen) atoms. The van der Waals surface area contributed by atoms with Gasteiger partial charge in [-0.2, -0.15) is 0 Å². The van der Waals surface area contributed by atoms with Crippen molar-refractivity contribution in [2.24, 2.45) is 34.5 Å². The van der Waals surface area contributed by atoms with Gasteiger partial charge < -0.3 is 24.1 Å². The van der Waals surface area contributed by atoms with Crippen molar-refractivity contribution in [2.45, 2.75) is 76.5 Å². The lowest BCUT2D eigenvalue weighted by atomic mass is 9.43. The van der Waals surface area contributed by atoms with E-state index >= 15 is 0 Å². The molecule has 2 unspecified atom stereocenters. The topological polar surface area (TPSA) is 74.2 Å². The van der Waals surface area contributed by atoms with Crippen molar-refractivity contribution in [1.29, 1.82) is 0 Å². The van der Waals surface area contributed by atoms with Crippen molar-refractivity contribution in [2.75, 3.05) is 26.4 Å². The molecule has 0 aromatic rings. The van der Waals surface area contributed by atoms with Gasteiger partial charge in [-0.3, -0.25) is 4.79 Å². The fourth-order valence-electron chi connectivity index (χ4n) is 8.57. The summed E-state index contributed by atoms with van der Waals surface area (Å²) in [7, 11) is 0. The Balaban J connectivity index is 1.35. The molecule has 6 fully saturated rings. The van der Waals surface area contributed by atoms with Crippen LogP contribution >= 0.6 is 0 Å². The third kappa shape index (κ3) is 2.28. The molecule has 0 bridgehead atoms. The molecule has 2 heterocycles. The molecule has 4 saturated carbocycles. The van der Waals surface area contributed by atoms with Crippen LogP contribution in [0.5, 0.6) is 0 Å². The first-order valence-corrected chi connectivity index (χ1v) is 11.6. The molecule has 6 nitrogen and oxygen atoms in total. The summed E-state index contributed by atoms with van der Waals surface area (Å²) in [4.78, 5) is 13.6. The van der Waals surface area contributed by atoms with E-state index in [2.05, 4.69) is 13.8 Å². The van der Waals surface area contributed by atoms with Gasteiger partial charge in [-0.05, 0) is 42.9 Å². The zero-order valence-corrected chi connectivity index (χ0v) is 17.7. The van der Waals surface area contributed by atoms with Crippen molar-refractivity contribution in [3.8, 4) is 0 Å². The molecule has 4 aliphatic carbocycles. The normalized spacial score (nSPS) is 52.5. The molecule has 6 rings (SSSR count). The zero-order valence-electron chi connectivity index (χ0n) is 17.7. The van der Waals surface area contributed by atoms with Gasteiger partial charge in [0.15, 0.2) is 17.4 Å². The summed E-state index contributed by atoms with van der Waals surface area (Å²) in [5.41, 5.74) is -0.191. The minimum atomic E-state index is -0.921. The van der Waals surface area contributed by atoms with Crippen LogP contribution in [-0.2, 0) is 23.7 Å². The van der Waals surface area contributed by atoms with Crippen LogP contribution in [-0.4, -0.2) is 55.0 Å². The largest absolute Gasteiger partial charge is 0.385 e. The Morgan fingerprint density at radius 2 is 1.48 bits per heavy atom. The molecule has 2 saturated heterocycles.